The summed E-state index contributed by atoms with van der Waals surface area (Å²) in [4.78, 5) is 24.0. The second kappa shape index (κ2) is 5.69. The highest BCUT2D eigenvalue weighted by Gasteiger charge is 2.20. The van der Waals surface area contributed by atoms with Crippen LogP contribution in [0.1, 0.15) is 26.4 Å². The molecule has 1 aromatic heterocycles. The average molecular weight is 291 g/mol. The van der Waals surface area contributed by atoms with Gasteiger partial charge in [0.15, 0.2) is 0 Å². The number of ketones is 1. The normalized spacial score (nSPS) is 10.4. The van der Waals surface area contributed by atoms with Gasteiger partial charge in [-0.15, -0.1) is 0 Å². The van der Waals surface area contributed by atoms with E-state index in [1.54, 1.807) is 35.0 Å². The first kappa shape index (κ1) is 13.8. The summed E-state index contributed by atoms with van der Waals surface area (Å²) >= 11 is 0. The topological polar surface area (TPSA) is 59.3 Å². The molecule has 4 nitrogen and oxygen atoms in total. The molecule has 0 aliphatic carbocycles. The molecular formula is C18H13NO3. The summed E-state index contributed by atoms with van der Waals surface area (Å²) in [6.45, 7) is 0. The predicted octanol–water partition coefficient (Wildman–Crippen LogP) is 3.41. The molecular weight excluding hydrogens is 278 g/mol. The summed E-state index contributed by atoms with van der Waals surface area (Å²) in [6.07, 6.45) is 1.78. The average Bonchev–Trinajstić information content (AvgIpc) is 3.04. The summed E-state index contributed by atoms with van der Waals surface area (Å²) in [7, 11) is 0. The fourth-order valence-corrected chi connectivity index (χ4v) is 2.39. The molecule has 3 aromatic rings. The number of carboxylic acids is 1. The number of aromatic nitrogens is 1. The van der Waals surface area contributed by atoms with Crippen molar-refractivity contribution in [3.05, 3.63) is 89.7 Å². The molecule has 22 heavy (non-hydrogen) atoms. The second-order valence-electron chi connectivity index (χ2n) is 4.78. The van der Waals surface area contributed by atoms with Crippen LogP contribution in [-0.2, 0) is 0 Å². The van der Waals surface area contributed by atoms with E-state index < -0.39 is 5.97 Å². The van der Waals surface area contributed by atoms with Crippen LogP contribution in [0.5, 0.6) is 0 Å². The van der Waals surface area contributed by atoms with Crippen molar-refractivity contribution in [3.8, 4) is 5.69 Å². The number of nitrogens with zero attached hydrogens (tertiary/aromatic N) is 1. The number of aromatic carboxylic acids is 1. The van der Waals surface area contributed by atoms with Crippen LogP contribution >= 0.6 is 0 Å². The van der Waals surface area contributed by atoms with Crippen molar-refractivity contribution in [3.63, 3.8) is 0 Å². The summed E-state index contributed by atoms with van der Waals surface area (Å²) in [6, 6.07) is 19.1. The summed E-state index contributed by atoms with van der Waals surface area (Å²) < 4.78 is 1.75. The van der Waals surface area contributed by atoms with Crippen molar-refractivity contribution in [2.45, 2.75) is 0 Å². The maximum absolute atomic E-state index is 12.7. The van der Waals surface area contributed by atoms with Crippen molar-refractivity contribution in [1.82, 2.24) is 4.57 Å². The Morgan fingerprint density at radius 1 is 0.773 bits per heavy atom. The van der Waals surface area contributed by atoms with Crippen molar-refractivity contribution >= 4 is 11.8 Å². The molecule has 0 spiro atoms. The molecule has 108 valence electrons. The second-order valence-corrected chi connectivity index (χ2v) is 4.78. The molecule has 0 saturated heterocycles. The van der Waals surface area contributed by atoms with E-state index in [1.807, 2.05) is 30.3 Å². The number of benzene rings is 2. The number of hydrogen-bond donors (Lipinski definition) is 1. The predicted molar refractivity (Wildman–Crippen MR) is 82.6 cm³/mol. The first-order chi connectivity index (χ1) is 10.7. The zero-order valence-electron chi connectivity index (χ0n) is 11.6. The van der Waals surface area contributed by atoms with Gasteiger partial charge in [-0.25, -0.2) is 4.79 Å². The number of carbonyl (C=O) groups excluding carboxylic acids is 1. The van der Waals surface area contributed by atoms with Crippen LogP contribution in [0.25, 0.3) is 5.69 Å². The SMILES string of the molecule is O=C(O)c1ccccc1C(=O)c1cccn1-c1ccccc1. The lowest BCUT2D eigenvalue weighted by atomic mass is 10.0. The van der Waals surface area contributed by atoms with Crippen LogP contribution in [0.2, 0.25) is 0 Å². The van der Waals surface area contributed by atoms with Crippen molar-refractivity contribution in [2.75, 3.05) is 0 Å². The Bertz CT molecular complexity index is 834. The lowest BCUT2D eigenvalue weighted by Crippen LogP contribution is -2.13. The van der Waals surface area contributed by atoms with E-state index in [0.29, 0.717) is 5.69 Å². The molecule has 0 fully saturated rings. The Kier molecular flexibility index (Phi) is 3.58. The molecule has 0 amide bonds. The van der Waals surface area contributed by atoms with Gasteiger partial charge in [-0.2, -0.15) is 0 Å². The summed E-state index contributed by atoms with van der Waals surface area (Å²) in [5.74, 6) is -1.42. The van der Waals surface area contributed by atoms with Gasteiger partial charge in [-0.05, 0) is 30.3 Å². The Morgan fingerprint density at radius 3 is 2.09 bits per heavy atom. The highest BCUT2D eigenvalue weighted by Crippen LogP contribution is 2.18. The standard InChI is InChI=1S/C18H13NO3/c20-17(14-9-4-5-10-15(14)18(21)22)16-11-6-12-19(16)13-7-2-1-3-8-13/h1-12H,(H,21,22). The maximum Gasteiger partial charge on any atom is 0.336 e. The summed E-state index contributed by atoms with van der Waals surface area (Å²) in [5, 5.41) is 9.24. The van der Waals surface area contributed by atoms with Gasteiger partial charge in [0.2, 0.25) is 5.78 Å². The molecule has 1 N–H and O–H groups in total. The number of carboxylic acid groups (broad SMARTS) is 1. The third kappa shape index (κ3) is 2.42. The minimum Gasteiger partial charge on any atom is -0.478 e. The number of carbonyl (C=O) groups is 2. The number of rotatable bonds is 4. The largest absolute Gasteiger partial charge is 0.478 e. The zero-order valence-corrected chi connectivity index (χ0v) is 11.6. The fraction of sp³-hybridized carbons (Fsp3) is 0. The van der Waals surface area contributed by atoms with Gasteiger partial charge in [0.1, 0.15) is 0 Å². The number of para-hydroxylation sites is 1. The monoisotopic (exact) mass is 291 g/mol. The quantitative estimate of drug-likeness (QED) is 0.749. The van der Waals surface area contributed by atoms with Crippen molar-refractivity contribution in [1.29, 1.82) is 0 Å². The van der Waals surface area contributed by atoms with Crippen LogP contribution in [-0.4, -0.2) is 21.4 Å². The molecule has 1 heterocycles. The van der Waals surface area contributed by atoms with Crippen LogP contribution in [0, 0.1) is 0 Å². The smallest absolute Gasteiger partial charge is 0.336 e. The van der Waals surface area contributed by atoms with Crippen LogP contribution < -0.4 is 0 Å². The number of hydrogen-bond acceptors (Lipinski definition) is 2. The summed E-state index contributed by atoms with van der Waals surface area (Å²) in [5.41, 5.74) is 1.47. The van der Waals surface area contributed by atoms with E-state index in [9.17, 15) is 14.7 Å². The minimum atomic E-state index is -1.11. The van der Waals surface area contributed by atoms with E-state index in [2.05, 4.69) is 0 Å². The first-order valence-corrected chi connectivity index (χ1v) is 6.78. The third-order valence-corrected chi connectivity index (χ3v) is 3.42. The van der Waals surface area contributed by atoms with Gasteiger partial charge in [0.25, 0.3) is 0 Å². The van der Waals surface area contributed by atoms with Gasteiger partial charge in [-0.1, -0.05) is 36.4 Å². The molecule has 3 rings (SSSR count). The van der Waals surface area contributed by atoms with E-state index in [1.165, 1.54) is 12.1 Å². The van der Waals surface area contributed by atoms with E-state index >= 15 is 0 Å². The Morgan fingerprint density at radius 2 is 1.41 bits per heavy atom. The molecule has 0 bridgehead atoms. The van der Waals surface area contributed by atoms with E-state index in [0.717, 1.165) is 5.69 Å². The lowest BCUT2D eigenvalue weighted by molar-refractivity contribution is 0.0692. The highest BCUT2D eigenvalue weighted by atomic mass is 16.4. The molecule has 0 radical (unpaired) electrons. The zero-order chi connectivity index (χ0) is 15.5. The van der Waals surface area contributed by atoms with E-state index in [-0.39, 0.29) is 16.9 Å². The molecule has 0 atom stereocenters. The van der Waals surface area contributed by atoms with Crippen molar-refractivity contribution in [2.24, 2.45) is 0 Å². The first-order valence-electron chi connectivity index (χ1n) is 6.78. The molecule has 0 aliphatic rings. The Labute approximate surface area is 127 Å². The van der Waals surface area contributed by atoms with Crippen LogP contribution in [0.3, 0.4) is 0 Å². The van der Waals surface area contributed by atoms with E-state index in [4.69, 9.17) is 0 Å². The molecule has 0 aliphatic heterocycles. The van der Waals surface area contributed by atoms with Gasteiger partial charge < -0.3 is 9.67 Å². The Hall–Kier alpha value is -3.14. The third-order valence-electron chi connectivity index (χ3n) is 3.42. The molecule has 2 aromatic carbocycles. The molecule has 0 unspecified atom stereocenters. The highest BCUT2D eigenvalue weighted by molar-refractivity contribution is 6.13. The maximum atomic E-state index is 12.7. The lowest BCUT2D eigenvalue weighted by Gasteiger charge is -2.10. The van der Waals surface area contributed by atoms with Gasteiger partial charge in [0, 0.05) is 17.4 Å². The van der Waals surface area contributed by atoms with Crippen LogP contribution in [0.15, 0.2) is 72.9 Å². The van der Waals surface area contributed by atoms with Crippen molar-refractivity contribution < 1.29 is 14.7 Å². The minimum absolute atomic E-state index is 0.00770. The van der Waals surface area contributed by atoms with Gasteiger partial charge in [0.05, 0.1) is 11.3 Å². The van der Waals surface area contributed by atoms with Gasteiger partial charge in [-0.3, -0.25) is 4.79 Å². The molecule has 0 saturated carbocycles. The van der Waals surface area contributed by atoms with Crippen LogP contribution in [0.4, 0.5) is 0 Å². The Balaban J connectivity index is 2.09. The van der Waals surface area contributed by atoms with Gasteiger partial charge >= 0.3 is 5.97 Å². The molecule has 4 heteroatoms. The fourth-order valence-electron chi connectivity index (χ4n) is 2.39.